The number of likely N-dealkylation sites (tertiary alicyclic amines) is 1. The second-order valence-electron chi connectivity index (χ2n) is 14.2. The van der Waals surface area contributed by atoms with Crippen molar-refractivity contribution in [3.8, 4) is 16.9 Å². The first-order valence-electron chi connectivity index (χ1n) is 17.4. The number of benzene rings is 1. The maximum atomic E-state index is 14.4. The molecule has 6 rings (SSSR count). The predicted molar refractivity (Wildman–Crippen MR) is 187 cm³/mol. The van der Waals surface area contributed by atoms with Crippen LogP contribution in [0, 0.1) is 24.7 Å². The minimum atomic E-state index is -0.982. The van der Waals surface area contributed by atoms with Gasteiger partial charge in [-0.25, -0.2) is 14.8 Å². The first kappa shape index (κ1) is 33.7. The van der Waals surface area contributed by atoms with Gasteiger partial charge in [-0.15, -0.1) is 0 Å². The number of ether oxygens (including phenoxy) is 1. The minimum Gasteiger partial charge on any atom is -0.496 e. The van der Waals surface area contributed by atoms with Crippen LogP contribution in [-0.4, -0.2) is 83.5 Å². The maximum absolute atomic E-state index is 14.4. The molecule has 3 aliphatic rings. The number of rotatable bonds is 9. The van der Waals surface area contributed by atoms with Gasteiger partial charge in [-0.1, -0.05) is 12.1 Å². The molecule has 48 heavy (non-hydrogen) atoms. The number of amides is 2. The van der Waals surface area contributed by atoms with Crippen molar-refractivity contribution >= 4 is 23.6 Å². The van der Waals surface area contributed by atoms with E-state index in [1.165, 1.54) is 10.5 Å². The van der Waals surface area contributed by atoms with Gasteiger partial charge in [-0.05, 0) is 123 Å². The molecular formula is C38H49N5O5. The third-order valence-corrected chi connectivity index (χ3v) is 11.0. The quantitative estimate of drug-likeness (QED) is 0.273. The highest BCUT2D eigenvalue weighted by atomic mass is 16.5. The zero-order chi connectivity index (χ0) is 33.9. The topological polar surface area (TPSA) is 119 Å². The average Bonchev–Trinajstić information content (AvgIpc) is 3.09. The van der Waals surface area contributed by atoms with Crippen LogP contribution in [0.1, 0.15) is 68.4 Å². The molecule has 2 saturated carbocycles. The smallest absolute Gasteiger partial charge is 0.407 e. The second-order valence-corrected chi connectivity index (χ2v) is 14.2. The first-order chi connectivity index (χ1) is 23.1. The largest absolute Gasteiger partial charge is 0.496 e. The lowest BCUT2D eigenvalue weighted by Gasteiger charge is -2.49. The second kappa shape index (κ2) is 14.5. The predicted octanol–water partition coefficient (Wildman–Crippen LogP) is 6.36. The molecular weight excluding hydrogens is 606 g/mol. The Balaban J connectivity index is 1.18. The molecule has 0 spiro atoms. The van der Waals surface area contributed by atoms with Gasteiger partial charge in [0, 0.05) is 44.5 Å². The normalized spacial score (nSPS) is 25.6. The van der Waals surface area contributed by atoms with Gasteiger partial charge in [-0.2, -0.15) is 0 Å². The van der Waals surface area contributed by atoms with Crippen LogP contribution in [0.3, 0.4) is 0 Å². The summed E-state index contributed by atoms with van der Waals surface area (Å²) in [5, 5.41) is 19.9. The van der Waals surface area contributed by atoms with Crippen molar-refractivity contribution < 1.29 is 24.5 Å². The van der Waals surface area contributed by atoms with Crippen LogP contribution < -0.4 is 14.5 Å². The first-order valence-corrected chi connectivity index (χ1v) is 17.4. The Morgan fingerprint density at radius 3 is 2.27 bits per heavy atom. The van der Waals surface area contributed by atoms with Crippen molar-refractivity contribution in [3.05, 3.63) is 66.0 Å². The number of aliphatic hydroxyl groups is 1. The van der Waals surface area contributed by atoms with Crippen LogP contribution in [0.15, 0.2) is 54.9 Å². The van der Waals surface area contributed by atoms with E-state index >= 15 is 0 Å². The Labute approximate surface area is 283 Å². The van der Waals surface area contributed by atoms with Crippen molar-refractivity contribution in [2.75, 3.05) is 44.1 Å². The van der Waals surface area contributed by atoms with Gasteiger partial charge in [0.05, 0.1) is 25.8 Å². The van der Waals surface area contributed by atoms with Crippen molar-refractivity contribution in [2.24, 2.45) is 17.8 Å². The number of aromatic nitrogens is 2. The summed E-state index contributed by atoms with van der Waals surface area (Å²) in [7, 11) is 5.64. The van der Waals surface area contributed by atoms with E-state index in [0.717, 1.165) is 66.8 Å². The summed E-state index contributed by atoms with van der Waals surface area (Å²) >= 11 is 0. The van der Waals surface area contributed by atoms with Gasteiger partial charge < -0.3 is 19.8 Å². The molecule has 0 radical (unpaired) electrons. The Morgan fingerprint density at radius 1 is 0.917 bits per heavy atom. The highest BCUT2D eigenvalue weighted by Crippen LogP contribution is 2.41. The molecule has 3 aromatic rings. The van der Waals surface area contributed by atoms with Crippen LogP contribution in [-0.2, 0) is 4.79 Å². The van der Waals surface area contributed by atoms with Gasteiger partial charge in [0.25, 0.3) is 0 Å². The third-order valence-electron chi connectivity index (χ3n) is 11.0. The van der Waals surface area contributed by atoms with E-state index < -0.39 is 12.2 Å². The fourth-order valence-corrected chi connectivity index (χ4v) is 8.16. The Kier molecular flexibility index (Phi) is 10.2. The summed E-state index contributed by atoms with van der Waals surface area (Å²) in [5.41, 5.74) is 4.45. The van der Waals surface area contributed by atoms with Gasteiger partial charge in [-0.3, -0.25) is 14.6 Å². The lowest BCUT2D eigenvalue weighted by atomic mass is 9.73. The summed E-state index contributed by atoms with van der Waals surface area (Å²) < 4.78 is 5.47. The van der Waals surface area contributed by atoms with Gasteiger partial charge in [0.2, 0.25) is 5.91 Å². The Morgan fingerprint density at radius 2 is 1.67 bits per heavy atom. The number of hydrogen-bond acceptors (Lipinski definition) is 7. The molecule has 2 atom stereocenters. The third kappa shape index (κ3) is 7.14. The van der Waals surface area contributed by atoms with Gasteiger partial charge >= 0.3 is 6.09 Å². The van der Waals surface area contributed by atoms with E-state index in [4.69, 9.17) is 9.72 Å². The van der Waals surface area contributed by atoms with Crippen molar-refractivity contribution in [3.63, 3.8) is 0 Å². The summed E-state index contributed by atoms with van der Waals surface area (Å²) in [6.07, 6.45) is 9.05. The molecule has 1 aromatic carbocycles. The van der Waals surface area contributed by atoms with E-state index in [1.807, 2.05) is 54.4 Å². The fourth-order valence-electron chi connectivity index (χ4n) is 8.16. The molecule has 256 valence electrons. The van der Waals surface area contributed by atoms with E-state index in [0.29, 0.717) is 37.0 Å². The van der Waals surface area contributed by atoms with Crippen molar-refractivity contribution in [1.29, 1.82) is 0 Å². The van der Waals surface area contributed by atoms with Crippen LogP contribution in [0.2, 0.25) is 0 Å². The number of pyridine rings is 2. The number of β-amino-alcohol motifs (C(OH)–C–C–N with tert-alkyl or cyclic N) is 1. The number of hydrogen-bond donors (Lipinski definition) is 2. The standard InChI is InChI=1S/C38H49N5O5/c1-24-19-29(13-15-33(24)48-4)26-7-5-25(6-8-26)22-42(35-20-30(17-18-39-35)31-14-16-34(40-21-31)41(2)3)37(45)28-11-9-27(10-12-28)36-32(44)23-43(36)38(46)47/h13-21,25-28,32,36,44H,5-12,22-23H2,1-4H3,(H,46,47)/t25?,26?,27?,28?,32-,36+/m1/s1. The molecule has 10 nitrogen and oxygen atoms in total. The van der Waals surface area contributed by atoms with Crippen molar-refractivity contribution in [2.45, 2.75) is 76.4 Å². The molecule has 2 aliphatic carbocycles. The number of carboxylic acid groups (broad SMARTS) is 1. The highest BCUT2D eigenvalue weighted by Gasteiger charge is 2.47. The van der Waals surface area contributed by atoms with Gasteiger partial charge in [0.15, 0.2) is 0 Å². The molecule has 3 heterocycles. The summed E-state index contributed by atoms with van der Waals surface area (Å²) in [5.74, 6) is 3.31. The Hall–Kier alpha value is -4.18. The SMILES string of the molecule is COc1ccc(C2CCC(CN(C(=O)C3CCC([C@H]4[C@H](O)CN4C(=O)O)CC3)c3cc(-c4ccc(N(C)C)nc4)ccn3)CC2)cc1C. The zero-order valence-electron chi connectivity index (χ0n) is 28.6. The average molecular weight is 656 g/mol. The number of anilines is 2. The molecule has 10 heteroatoms. The van der Waals surface area contributed by atoms with Crippen molar-refractivity contribution in [1.82, 2.24) is 14.9 Å². The molecule has 1 saturated heterocycles. The fraction of sp³-hybridized carbons (Fsp3) is 0.526. The number of aryl methyl sites for hydroxylation is 1. The Bertz CT molecular complexity index is 1580. The molecule has 2 aromatic heterocycles. The highest BCUT2D eigenvalue weighted by molar-refractivity contribution is 5.94. The summed E-state index contributed by atoms with van der Waals surface area (Å²) in [6.45, 7) is 2.88. The van der Waals surface area contributed by atoms with Crippen LogP contribution in [0.25, 0.3) is 11.1 Å². The lowest BCUT2D eigenvalue weighted by molar-refractivity contribution is -0.125. The number of methoxy groups -OCH3 is 1. The van der Waals surface area contributed by atoms with E-state index in [9.17, 15) is 19.8 Å². The maximum Gasteiger partial charge on any atom is 0.407 e. The zero-order valence-corrected chi connectivity index (χ0v) is 28.6. The van der Waals surface area contributed by atoms with Crippen LogP contribution in [0.5, 0.6) is 5.75 Å². The summed E-state index contributed by atoms with van der Waals surface area (Å²) in [6, 6.07) is 14.2. The van der Waals surface area contributed by atoms with Gasteiger partial charge in [0.1, 0.15) is 17.4 Å². The van der Waals surface area contributed by atoms with Crippen LogP contribution >= 0.6 is 0 Å². The van der Waals surface area contributed by atoms with E-state index in [-0.39, 0.29) is 30.3 Å². The molecule has 1 aliphatic heterocycles. The number of carbonyl (C=O) groups is 2. The number of aliphatic hydroxyl groups excluding tert-OH is 1. The molecule has 0 unspecified atom stereocenters. The molecule has 3 fully saturated rings. The van der Waals surface area contributed by atoms with Crippen LogP contribution in [0.4, 0.5) is 16.4 Å². The van der Waals surface area contributed by atoms with E-state index in [1.54, 1.807) is 13.3 Å². The summed E-state index contributed by atoms with van der Waals surface area (Å²) in [4.78, 5) is 40.6. The number of nitrogens with zero attached hydrogens (tertiary/aromatic N) is 5. The number of carbonyl (C=O) groups excluding carboxylic acids is 1. The van der Waals surface area contributed by atoms with E-state index in [2.05, 4.69) is 30.1 Å². The lowest BCUT2D eigenvalue weighted by Crippen LogP contribution is -2.65. The monoisotopic (exact) mass is 655 g/mol. The molecule has 2 N–H and O–H groups in total. The minimum absolute atomic E-state index is 0.0679. The molecule has 2 amide bonds. The molecule has 0 bridgehead atoms.